The minimum Gasteiger partial charge on any atom is -0.311 e. The second-order valence-corrected chi connectivity index (χ2v) is 31.5. The van der Waals surface area contributed by atoms with Gasteiger partial charge in [0.2, 0.25) is 0 Å². The van der Waals surface area contributed by atoms with Crippen LogP contribution in [-0.4, -0.2) is 45.9 Å². The van der Waals surface area contributed by atoms with E-state index >= 15 is 0 Å². The average molecular weight is 1000 g/mol. The molecule has 0 unspecified atom stereocenters. The molecule has 3 heterocycles. The van der Waals surface area contributed by atoms with E-state index in [1.165, 1.54) is 162 Å². The first-order chi connectivity index (χ1) is 34.7. The van der Waals surface area contributed by atoms with Crippen molar-refractivity contribution in [3.63, 3.8) is 0 Å². The van der Waals surface area contributed by atoms with E-state index in [9.17, 15) is 0 Å². The van der Waals surface area contributed by atoms with E-state index in [2.05, 4.69) is 232 Å². The van der Waals surface area contributed by atoms with Gasteiger partial charge in [-0.05, 0) is 204 Å². The lowest BCUT2D eigenvalue weighted by molar-refractivity contribution is 0.332. The van der Waals surface area contributed by atoms with Gasteiger partial charge in [0.25, 0.3) is 6.71 Å². The van der Waals surface area contributed by atoms with Gasteiger partial charge < -0.3 is 9.80 Å². The standard InChI is InChI=1S/C66H84B6N2S/c1-59(2)21-23-61(5,6)40-31-36(17-19-38(40)59)73-45-34-43-42(63(9,10)25-26-64(43,11)12)33-44(45)72-55-46(73)29-35(48-50(67)52(69)54(71)53(70)51(48)68)30-47(55)74(37-18-20-39-41(32-37)62(7,8)24-22-60(39,3)4)58-56(72)49-57(75-58)66(15,16)28-27-65(49,13)14/h17-20,29-34H,21-28,67-71H2,1-16H3. The third-order valence-electron chi connectivity index (χ3n) is 22.0. The first-order valence-corrected chi connectivity index (χ1v) is 30.0. The molecule has 0 radical (unpaired) electrons. The monoisotopic (exact) mass is 1000 g/mol. The number of anilines is 6. The van der Waals surface area contributed by atoms with Crippen molar-refractivity contribution in [3.8, 4) is 11.1 Å². The molecule has 0 bridgehead atoms. The van der Waals surface area contributed by atoms with Gasteiger partial charge in [0.05, 0.1) is 5.00 Å². The van der Waals surface area contributed by atoms with E-state index in [1.807, 2.05) is 0 Å². The predicted molar refractivity (Wildman–Crippen MR) is 346 cm³/mol. The van der Waals surface area contributed by atoms with Crippen molar-refractivity contribution in [2.75, 3.05) is 9.80 Å². The van der Waals surface area contributed by atoms with Crippen LogP contribution >= 0.6 is 11.3 Å². The van der Waals surface area contributed by atoms with Crippen molar-refractivity contribution in [2.24, 2.45) is 0 Å². The molecule has 0 saturated heterocycles. The van der Waals surface area contributed by atoms with Crippen molar-refractivity contribution in [1.82, 2.24) is 0 Å². The van der Waals surface area contributed by atoms with Crippen molar-refractivity contribution in [1.29, 1.82) is 0 Å². The molecule has 4 aliphatic carbocycles. The Bertz CT molecular complexity index is 3460. The minimum absolute atomic E-state index is 0.00883. The maximum absolute atomic E-state index is 2.83. The highest BCUT2D eigenvalue weighted by Crippen LogP contribution is 2.58. The fourth-order valence-corrected chi connectivity index (χ4v) is 17.6. The zero-order valence-corrected chi connectivity index (χ0v) is 51.1. The Balaban J connectivity index is 1.28. The SMILES string of the molecule is Bc1c(B)c(B)c(-c2cc3c4c(c2)N(c2ccc5c(c2)C(C)(C)CCC5(C)C)c2sc5c(c2B4c2cc4c(cc2N3c2ccc3c(c2)C(C)(C)CCC3(C)C)C(C)(C)CCC4(C)C)C(C)(C)CCC5(C)C)c(B)c1B. The average Bonchev–Trinajstić information content (AvgIpc) is 3.84. The van der Waals surface area contributed by atoms with Crippen LogP contribution in [0.15, 0.2) is 60.7 Å². The van der Waals surface area contributed by atoms with Crippen LogP contribution in [0.1, 0.15) is 206 Å². The van der Waals surface area contributed by atoms with E-state index in [-0.39, 0.29) is 50.0 Å². The fourth-order valence-electron chi connectivity index (χ4n) is 15.9. The molecule has 6 aromatic rings. The number of fused-ring (bicyclic) bond motifs is 9. The Morgan fingerprint density at radius 3 is 1.27 bits per heavy atom. The smallest absolute Gasteiger partial charge is 0.253 e. The summed E-state index contributed by atoms with van der Waals surface area (Å²) in [6.07, 6.45) is 9.53. The summed E-state index contributed by atoms with van der Waals surface area (Å²) in [6.45, 7) is 40.4. The number of nitrogens with zero attached hydrogens (tertiary/aromatic N) is 2. The van der Waals surface area contributed by atoms with Gasteiger partial charge in [-0.1, -0.05) is 140 Å². The summed E-state index contributed by atoms with van der Waals surface area (Å²) in [7, 11) is 11.8. The summed E-state index contributed by atoms with van der Waals surface area (Å²) < 4.78 is 0. The molecule has 75 heavy (non-hydrogen) atoms. The van der Waals surface area contributed by atoms with E-state index in [0.717, 1.165) is 0 Å². The summed E-state index contributed by atoms with van der Waals surface area (Å²) in [5.74, 6) is 0. The molecule has 12 rings (SSSR count). The van der Waals surface area contributed by atoms with Crippen LogP contribution in [0.5, 0.6) is 0 Å². The zero-order valence-electron chi connectivity index (χ0n) is 50.3. The summed E-state index contributed by atoms with van der Waals surface area (Å²) >= 11 is 2.14. The number of thiophene rings is 1. The second-order valence-electron chi connectivity index (χ2n) is 30.5. The van der Waals surface area contributed by atoms with Crippen LogP contribution in [0.2, 0.25) is 0 Å². The van der Waals surface area contributed by atoms with Crippen LogP contribution in [0.4, 0.5) is 33.4 Å². The molecular weight excluding hydrogens is 918 g/mol. The number of benzene rings is 5. The largest absolute Gasteiger partial charge is 0.311 e. The summed E-state index contributed by atoms with van der Waals surface area (Å²) in [5, 5.41) is 1.44. The van der Waals surface area contributed by atoms with Gasteiger partial charge in [0.15, 0.2) is 0 Å². The zero-order chi connectivity index (χ0) is 54.0. The van der Waals surface area contributed by atoms with Crippen molar-refractivity contribution in [2.45, 2.75) is 205 Å². The van der Waals surface area contributed by atoms with E-state index in [0.29, 0.717) is 0 Å². The minimum atomic E-state index is 0.00883. The maximum atomic E-state index is 2.83. The molecule has 0 atom stereocenters. The molecule has 0 fully saturated rings. The first kappa shape index (κ1) is 51.5. The Morgan fingerprint density at radius 2 is 0.773 bits per heavy atom. The molecule has 0 amide bonds. The lowest BCUT2D eigenvalue weighted by Gasteiger charge is -2.48. The molecule has 9 heteroatoms. The second kappa shape index (κ2) is 16.0. The Hall–Kier alpha value is -4.21. The molecular formula is C66H84B6N2S. The summed E-state index contributed by atoms with van der Waals surface area (Å²) in [6, 6.07) is 26.3. The van der Waals surface area contributed by atoms with Gasteiger partial charge >= 0.3 is 0 Å². The van der Waals surface area contributed by atoms with Gasteiger partial charge in [-0.3, -0.25) is 0 Å². The molecule has 0 saturated carbocycles. The van der Waals surface area contributed by atoms with Gasteiger partial charge in [0, 0.05) is 33.3 Å². The summed E-state index contributed by atoms with van der Waals surface area (Å²) in [4.78, 5) is 7.23. The quantitative estimate of drug-likeness (QED) is 0.165. The van der Waals surface area contributed by atoms with Gasteiger partial charge in [-0.15, -0.1) is 27.7 Å². The highest BCUT2D eigenvalue weighted by molar-refractivity contribution is 7.20. The highest BCUT2D eigenvalue weighted by Gasteiger charge is 2.53. The van der Waals surface area contributed by atoms with Crippen molar-refractivity contribution < 1.29 is 0 Å². The Morgan fingerprint density at radius 1 is 0.387 bits per heavy atom. The molecule has 382 valence electrons. The number of hydrogen-bond donors (Lipinski definition) is 0. The number of hydrogen-bond acceptors (Lipinski definition) is 3. The molecule has 2 nitrogen and oxygen atoms in total. The number of rotatable bonds is 3. The third kappa shape index (κ3) is 7.29. The van der Waals surface area contributed by atoms with Crippen LogP contribution in [-0.2, 0) is 43.3 Å². The van der Waals surface area contributed by atoms with Gasteiger partial charge in [-0.25, -0.2) is 0 Å². The third-order valence-corrected chi connectivity index (χ3v) is 23.6. The molecule has 5 aromatic carbocycles. The van der Waals surface area contributed by atoms with Crippen LogP contribution in [0.25, 0.3) is 11.1 Å². The van der Waals surface area contributed by atoms with Crippen molar-refractivity contribution in [3.05, 3.63) is 104 Å². The lowest BCUT2D eigenvalue weighted by Crippen LogP contribution is -2.63. The van der Waals surface area contributed by atoms with E-state index in [4.69, 9.17) is 0 Å². The maximum Gasteiger partial charge on any atom is 0.253 e. The van der Waals surface area contributed by atoms with Gasteiger partial charge in [0.1, 0.15) is 39.2 Å². The molecule has 2 aliphatic heterocycles. The molecule has 0 N–H and O–H groups in total. The predicted octanol–water partition coefficient (Wildman–Crippen LogP) is 8.19. The Kier molecular flexibility index (Phi) is 11.0. The summed E-state index contributed by atoms with van der Waals surface area (Å²) in [5.41, 5.74) is 32.3. The van der Waals surface area contributed by atoms with Crippen LogP contribution in [0.3, 0.4) is 0 Å². The topological polar surface area (TPSA) is 6.48 Å². The van der Waals surface area contributed by atoms with E-state index < -0.39 is 0 Å². The molecule has 0 spiro atoms. The molecule has 6 aliphatic rings. The van der Waals surface area contributed by atoms with E-state index in [1.54, 1.807) is 21.5 Å². The highest BCUT2D eigenvalue weighted by atomic mass is 32.1. The first-order valence-electron chi connectivity index (χ1n) is 29.2. The van der Waals surface area contributed by atoms with Crippen molar-refractivity contribution >= 4 is 134 Å². The molecule has 1 aromatic heterocycles. The van der Waals surface area contributed by atoms with Crippen LogP contribution in [0, 0.1) is 0 Å². The van der Waals surface area contributed by atoms with Gasteiger partial charge in [-0.2, -0.15) is 0 Å². The fraction of sp³-hybridized carbons (Fsp3) is 0.485. The van der Waals surface area contributed by atoms with Crippen LogP contribution < -0.4 is 53.5 Å². The normalized spacial score (nSPS) is 21.9. The lowest BCUT2D eigenvalue weighted by atomic mass is 9.32. The Labute approximate surface area is 462 Å².